The molecule has 1 aromatic heterocycles. The van der Waals surface area contributed by atoms with Crippen molar-refractivity contribution in [2.24, 2.45) is 0 Å². The Bertz CT molecular complexity index is 303. The van der Waals surface area contributed by atoms with Crippen molar-refractivity contribution in [3.8, 4) is 0 Å². The monoisotopic (exact) mass is 209 g/mol. The average Bonchev–Trinajstić information content (AvgIpc) is 2.24. The molecule has 1 N–H and O–H groups in total. The highest BCUT2D eigenvalue weighted by Gasteiger charge is 2.38. The fraction of sp³-hybridized carbons (Fsp3) is 0.545. The topological polar surface area (TPSA) is 33.1 Å². The van der Waals surface area contributed by atoms with Crippen molar-refractivity contribution in [1.82, 2.24) is 4.98 Å². The van der Waals surface area contributed by atoms with Gasteiger partial charge in [0.25, 0.3) is 0 Å². The first-order valence-corrected chi connectivity index (χ1v) is 6.03. The molecule has 14 heavy (non-hydrogen) atoms. The number of hydrogen-bond donors (Lipinski definition) is 1. The Balaban J connectivity index is 2.30. The van der Waals surface area contributed by atoms with Gasteiger partial charge in [-0.3, -0.25) is 4.98 Å². The molecule has 0 spiro atoms. The van der Waals surface area contributed by atoms with Crippen molar-refractivity contribution in [2.45, 2.75) is 30.6 Å². The molecule has 2 nitrogen and oxygen atoms in total. The maximum Gasteiger partial charge on any atom is 0.103 e. The van der Waals surface area contributed by atoms with Gasteiger partial charge in [-0.25, -0.2) is 0 Å². The maximum atomic E-state index is 10.6. The number of hydrogen-bond acceptors (Lipinski definition) is 3. The normalized spacial score (nSPS) is 32.9. The van der Waals surface area contributed by atoms with Gasteiger partial charge in [0.1, 0.15) is 5.60 Å². The third kappa shape index (κ3) is 1.66. The predicted octanol–water partition coefficient (Wildman–Crippen LogP) is 2.18. The van der Waals surface area contributed by atoms with Crippen molar-refractivity contribution in [3.63, 3.8) is 0 Å². The molecule has 1 aliphatic heterocycles. The van der Waals surface area contributed by atoms with Crippen LogP contribution in [0.3, 0.4) is 0 Å². The number of thioether (sulfide) groups is 1. The van der Waals surface area contributed by atoms with Gasteiger partial charge in [0, 0.05) is 23.2 Å². The van der Waals surface area contributed by atoms with Gasteiger partial charge in [0.05, 0.1) is 0 Å². The standard InChI is InChI=1S/C11H15NOS/c1-9-11(13,5-3-7-14-9)10-4-2-6-12-8-10/h2,4,6,8-9,13H,3,5,7H2,1H3. The lowest BCUT2D eigenvalue weighted by Crippen LogP contribution is -2.38. The Hall–Kier alpha value is -0.540. The minimum absolute atomic E-state index is 0.264. The SMILES string of the molecule is CC1SCCCC1(O)c1cccnc1. The summed E-state index contributed by atoms with van der Waals surface area (Å²) in [5.74, 6) is 1.16. The molecule has 0 aromatic carbocycles. The van der Waals surface area contributed by atoms with Crippen LogP contribution in [0, 0.1) is 0 Å². The highest BCUT2D eigenvalue weighted by Crippen LogP contribution is 2.40. The smallest absolute Gasteiger partial charge is 0.103 e. The van der Waals surface area contributed by atoms with E-state index in [1.165, 1.54) is 0 Å². The van der Waals surface area contributed by atoms with Crippen LogP contribution in [0.4, 0.5) is 0 Å². The van der Waals surface area contributed by atoms with E-state index in [-0.39, 0.29) is 5.25 Å². The van der Waals surface area contributed by atoms with Gasteiger partial charge < -0.3 is 5.11 Å². The predicted molar refractivity (Wildman–Crippen MR) is 59.3 cm³/mol. The maximum absolute atomic E-state index is 10.6. The molecule has 0 radical (unpaired) electrons. The Labute approximate surface area is 88.8 Å². The molecule has 2 heterocycles. The molecule has 76 valence electrons. The van der Waals surface area contributed by atoms with Crippen molar-refractivity contribution < 1.29 is 5.11 Å². The zero-order chi connectivity index (χ0) is 10.0. The van der Waals surface area contributed by atoms with E-state index in [1.807, 2.05) is 23.9 Å². The van der Waals surface area contributed by atoms with Gasteiger partial charge in [-0.1, -0.05) is 13.0 Å². The third-order valence-corrected chi connectivity index (χ3v) is 4.32. The van der Waals surface area contributed by atoms with E-state index in [2.05, 4.69) is 11.9 Å². The van der Waals surface area contributed by atoms with Crippen LogP contribution < -0.4 is 0 Å². The van der Waals surface area contributed by atoms with E-state index in [9.17, 15) is 5.11 Å². The van der Waals surface area contributed by atoms with Crippen LogP contribution in [0.1, 0.15) is 25.3 Å². The molecule has 1 aromatic rings. The number of aromatic nitrogens is 1. The molecule has 0 aliphatic carbocycles. The van der Waals surface area contributed by atoms with Crippen LogP contribution in [0.15, 0.2) is 24.5 Å². The first-order chi connectivity index (χ1) is 6.73. The lowest BCUT2D eigenvalue weighted by atomic mass is 9.87. The second-order valence-electron chi connectivity index (χ2n) is 3.78. The fourth-order valence-electron chi connectivity index (χ4n) is 1.94. The summed E-state index contributed by atoms with van der Waals surface area (Å²) >= 11 is 1.84. The van der Waals surface area contributed by atoms with Crippen LogP contribution in [0.25, 0.3) is 0 Å². The lowest BCUT2D eigenvalue weighted by molar-refractivity contribution is 0.0251. The number of aliphatic hydroxyl groups is 1. The van der Waals surface area contributed by atoms with Gasteiger partial charge in [0.2, 0.25) is 0 Å². The molecule has 2 rings (SSSR count). The van der Waals surface area contributed by atoms with E-state index < -0.39 is 5.60 Å². The zero-order valence-electron chi connectivity index (χ0n) is 8.31. The van der Waals surface area contributed by atoms with Gasteiger partial charge >= 0.3 is 0 Å². The van der Waals surface area contributed by atoms with Crippen LogP contribution in [-0.4, -0.2) is 21.1 Å². The molecule has 0 amide bonds. The third-order valence-electron chi connectivity index (χ3n) is 2.90. The minimum atomic E-state index is -0.669. The van der Waals surface area contributed by atoms with E-state index in [0.29, 0.717) is 0 Å². The molecular weight excluding hydrogens is 194 g/mol. The summed E-state index contributed by atoms with van der Waals surface area (Å²) in [6, 6.07) is 3.86. The van der Waals surface area contributed by atoms with Gasteiger partial charge in [0.15, 0.2) is 0 Å². The Morgan fingerprint density at radius 1 is 1.64 bits per heavy atom. The molecular formula is C11H15NOS. The highest BCUT2D eigenvalue weighted by atomic mass is 32.2. The molecule has 1 aliphatic rings. The molecule has 2 atom stereocenters. The quantitative estimate of drug-likeness (QED) is 0.769. The molecule has 2 unspecified atom stereocenters. The first-order valence-electron chi connectivity index (χ1n) is 4.98. The van der Waals surface area contributed by atoms with Gasteiger partial charge in [-0.15, -0.1) is 0 Å². The first kappa shape index (κ1) is 9.99. The van der Waals surface area contributed by atoms with Crippen molar-refractivity contribution in [2.75, 3.05) is 5.75 Å². The summed E-state index contributed by atoms with van der Waals surface area (Å²) in [6.07, 6.45) is 5.46. The Morgan fingerprint density at radius 3 is 3.14 bits per heavy atom. The number of pyridine rings is 1. The molecule has 1 fully saturated rings. The average molecular weight is 209 g/mol. The number of rotatable bonds is 1. The van der Waals surface area contributed by atoms with Crippen molar-refractivity contribution in [3.05, 3.63) is 30.1 Å². The van der Waals surface area contributed by atoms with Crippen LogP contribution in [0.5, 0.6) is 0 Å². The second-order valence-corrected chi connectivity index (χ2v) is 5.23. The van der Waals surface area contributed by atoms with E-state index >= 15 is 0 Å². The van der Waals surface area contributed by atoms with Crippen molar-refractivity contribution >= 4 is 11.8 Å². The summed E-state index contributed by atoms with van der Waals surface area (Å²) < 4.78 is 0. The van der Waals surface area contributed by atoms with Gasteiger partial charge in [-0.2, -0.15) is 11.8 Å². The van der Waals surface area contributed by atoms with E-state index in [0.717, 1.165) is 24.2 Å². The summed E-state index contributed by atoms with van der Waals surface area (Å²) in [5, 5.41) is 10.8. The Morgan fingerprint density at radius 2 is 2.50 bits per heavy atom. The summed E-state index contributed by atoms with van der Waals surface area (Å²) in [7, 11) is 0. The summed E-state index contributed by atoms with van der Waals surface area (Å²) in [4.78, 5) is 4.07. The largest absolute Gasteiger partial charge is 0.384 e. The highest BCUT2D eigenvalue weighted by molar-refractivity contribution is 8.00. The number of nitrogens with zero attached hydrogens (tertiary/aromatic N) is 1. The molecule has 0 bridgehead atoms. The Kier molecular flexibility index (Phi) is 2.79. The van der Waals surface area contributed by atoms with E-state index in [1.54, 1.807) is 12.4 Å². The molecule has 3 heteroatoms. The summed E-state index contributed by atoms with van der Waals surface area (Å²) in [5.41, 5.74) is 0.289. The minimum Gasteiger partial charge on any atom is -0.384 e. The van der Waals surface area contributed by atoms with Crippen LogP contribution in [-0.2, 0) is 5.60 Å². The van der Waals surface area contributed by atoms with E-state index in [4.69, 9.17) is 0 Å². The van der Waals surface area contributed by atoms with Crippen LogP contribution in [0.2, 0.25) is 0 Å². The second kappa shape index (κ2) is 3.91. The lowest BCUT2D eigenvalue weighted by Gasteiger charge is -2.37. The van der Waals surface area contributed by atoms with Gasteiger partial charge in [-0.05, 0) is 24.7 Å². The van der Waals surface area contributed by atoms with Crippen molar-refractivity contribution in [1.29, 1.82) is 0 Å². The fourth-order valence-corrected chi connectivity index (χ4v) is 3.14. The summed E-state index contributed by atoms with van der Waals surface area (Å²) in [6.45, 7) is 2.09. The zero-order valence-corrected chi connectivity index (χ0v) is 9.13. The molecule has 1 saturated heterocycles. The molecule has 0 saturated carbocycles. The van der Waals surface area contributed by atoms with Crippen LogP contribution >= 0.6 is 11.8 Å².